The van der Waals surface area contributed by atoms with Crippen LogP contribution in [0.15, 0.2) is 23.1 Å². The molecule has 0 saturated carbocycles. The Morgan fingerprint density at radius 1 is 1.26 bits per heavy atom. The molecule has 0 aromatic heterocycles. The Bertz CT molecular complexity index is 739. The molecular formula is C19H32N4O3S. The SMILES string of the molecule is CCN(CC)S(=O)(=O)c1ccc(N2CCCC2)c(NC(=O)CCC(C)N)c1. The highest BCUT2D eigenvalue weighted by Gasteiger charge is 2.25. The molecule has 3 N–H and O–H groups in total. The average Bonchev–Trinajstić information content (AvgIpc) is 3.15. The summed E-state index contributed by atoms with van der Waals surface area (Å²) in [5.74, 6) is -0.148. The zero-order chi connectivity index (χ0) is 20.0. The van der Waals surface area contributed by atoms with Gasteiger partial charge in [-0.2, -0.15) is 4.31 Å². The summed E-state index contributed by atoms with van der Waals surface area (Å²) >= 11 is 0. The van der Waals surface area contributed by atoms with E-state index in [1.807, 2.05) is 26.8 Å². The van der Waals surface area contributed by atoms with E-state index in [1.165, 1.54) is 4.31 Å². The number of carbonyl (C=O) groups is 1. The van der Waals surface area contributed by atoms with Crippen molar-refractivity contribution < 1.29 is 13.2 Å². The predicted octanol–water partition coefficient (Wildman–Crippen LogP) is 2.38. The van der Waals surface area contributed by atoms with Crippen LogP contribution in [0.5, 0.6) is 0 Å². The second-order valence-corrected chi connectivity index (χ2v) is 8.96. The molecule has 1 heterocycles. The number of sulfonamides is 1. The number of amides is 1. The average molecular weight is 397 g/mol. The molecule has 1 atom stereocenters. The molecule has 7 nitrogen and oxygen atoms in total. The maximum Gasteiger partial charge on any atom is 0.243 e. The van der Waals surface area contributed by atoms with E-state index >= 15 is 0 Å². The lowest BCUT2D eigenvalue weighted by molar-refractivity contribution is -0.116. The van der Waals surface area contributed by atoms with E-state index in [2.05, 4.69) is 10.2 Å². The van der Waals surface area contributed by atoms with Crippen LogP contribution in [0.3, 0.4) is 0 Å². The lowest BCUT2D eigenvalue weighted by atomic mass is 10.2. The number of hydrogen-bond donors (Lipinski definition) is 2. The normalized spacial score (nSPS) is 16.0. The number of carbonyl (C=O) groups excluding carboxylic acids is 1. The van der Waals surface area contributed by atoms with Crippen molar-refractivity contribution in [2.75, 3.05) is 36.4 Å². The second-order valence-electron chi connectivity index (χ2n) is 7.03. The Kier molecular flexibility index (Phi) is 7.64. The number of anilines is 2. The lowest BCUT2D eigenvalue weighted by Gasteiger charge is -2.24. The Morgan fingerprint density at radius 3 is 2.44 bits per heavy atom. The van der Waals surface area contributed by atoms with Gasteiger partial charge in [-0.05, 0) is 44.4 Å². The molecule has 2 rings (SSSR count). The molecular weight excluding hydrogens is 364 g/mol. The van der Waals surface area contributed by atoms with Crippen LogP contribution in [0.4, 0.5) is 11.4 Å². The second kappa shape index (κ2) is 9.52. The molecule has 0 spiro atoms. The van der Waals surface area contributed by atoms with Crippen molar-refractivity contribution in [2.24, 2.45) is 5.73 Å². The van der Waals surface area contributed by atoms with Crippen LogP contribution in [0.1, 0.15) is 46.5 Å². The Labute approximate surface area is 163 Å². The molecule has 0 aliphatic carbocycles. The first-order chi connectivity index (χ1) is 12.8. The smallest absolute Gasteiger partial charge is 0.243 e. The molecule has 27 heavy (non-hydrogen) atoms. The standard InChI is InChI=1S/C19H32N4O3S/c1-4-23(5-2)27(25,26)16-9-10-18(22-12-6-7-13-22)17(14-16)21-19(24)11-8-15(3)20/h9-10,14-15H,4-8,11-13,20H2,1-3H3,(H,21,24). The van der Waals surface area contributed by atoms with Crippen molar-refractivity contribution in [3.8, 4) is 0 Å². The zero-order valence-corrected chi connectivity index (χ0v) is 17.4. The first-order valence-electron chi connectivity index (χ1n) is 9.74. The van der Waals surface area contributed by atoms with E-state index in [9.17, 15) is 13.2 Å². The molecule has 8 heteroatoms. The first kappa shape index (κ1) is 21.7. The van der Waals surface area contributed by atoms with E-state index in [1.54, 1.807) is 12.1 Å². The Morgan fingerprint density at radius 2 is 1.89 bits per heavy atom. The number of benzene rings is 1. The van der Waals surface area contributed by atoms with E-state index in [4.69, 9.17) is 5.73 Å². The fraction of sp³-hybridized carbons (Fsp3) is 0.632. The first-order valence-corrected chi connectivity index (χ1v) is 11.2. The van der Waals surface area contributed by atoms with Crippen LogP contribution >= 0.6 is 0 Å². The molecule has 0 bridgehead atoms. The van der Waals surface area contributed by atoms with E-state index in [0.717, 1.165) is 31.6 Å². The number of nitrogens with one attached hydrogen (secondary N) is 1. The van der Waals surface area contributed by atoms with Gasteiger partial charge in [-0.1, -0.05) is 13.8 Å². The van der Waals surface area contributed by atoms with Gasteiger partial charge in [0.2, 0.25) is 15.9 Å². The molecule has 0 radical (unpaired) electrons. The van der Waals surface area contributed by atoms with Crippen LogP contribution in [-0.4, -0.2) is 50.9 Å². The summed E-state index contributed by atoms with van der Waals surface area (Å²) in [5, 5.41) is 2.91. The van der Waals surface area contributed by atoms with Gasteiger partial charge >= 0.3 is 0 Å². The molecule has 1 aromatic rings. The number of hydrogen-bond acceptors (Lipinski definition) is 5. The maximum atomic E-state index is 12.9. The summed E-state index contributed by atoms with van der Waals surface area (Å²) < 4.78 is 27.1. The summed E-state index contributed by atoms with van der Waals surface area (Å²) in [6.07, 6.45) is 3.08. The lowest BCUT2D eigenvalue weighted by Crippen LogP contribution is -2.31. The van der Waals surface area contributed by atoms with Gasteiger partial charge in [-0.15, -0.1) is 0 Å². The molecule has 1 aromatic carbocycles. The number of rotatable bonds is 9. The third kappa shape index (κ3) is 5.43. The summed E-state index contributed by atoms with van der Waals surface area (Å²) in [7, 11) is -3.58. The molecule has 1 amide bonds. The van der Waals surface area contributed by atoms with E-state index < -0.39 is 10.0 Å². The van der Waals surface area contributed by atoms with Crippen LogP contribution in [0.25, 0.3) is 0 Å². The monoisotopic (exact) mass is 396 g/mol. The fourth-order valence-corrected chi connectivity index (χ4v) is 4.78. The van der Waals surface area contributed by atoms with Gasteiger partial charge in [0.15, 0.2) is 0 Å². The molecule has 1 saturated heterocycles. The largest absolute Gasteiger partial charge is 0.370 e. The Hall–Kier alpha value is -1.64. The van der Waals surface area contributed by atoms with Crippen molar-refractivity contribution in [3.63, 3.8) is 0 Å². The van der Waals surface area contributed by atoms with Crippen molar-refractivity contribution in [1.29, 1.82) is 0 Å². The van der Waals surface area contributed by atoms with Crippen molar-refractivity contribution >= 4 is 27.3 Å². The number of nitrogens with zero attached hydrogens (tertiary/aromatic N) is 2. The fourth-order valence-electron chi connectivity index (χ4n) is 3.29. The van der Waals surface area contributed by atoms with Crippen LogP contribution < -0.4 is 16.0 Å². The van der Waals surface area contributed by atoms with Crippen molar-refractivity contribution in [3.05, 3.63) is 18.2 Å². The minimum absolute atomic E-state index is 0.0526. The summed E-state index contributed by atoms with van der Waals surface area (Å²) in [5.41, 5.74) is 7.17. The van der Waals surface area contributed by atoms with Gasteiger partial charge in [0.1, 0.15) is 0 Å². The highest BCUT2D eigenvalue weighted by Crippen LogP contribution is 2.32. The van der Waals surface area contributed by atoms with Crippen LogP contribution in [0, 0.1) is 0 Å². The van der Waals surface area contributed by atoms with Gasteiger partial charge in [0.05, 0.1) is 16.3 Å². The Balaban J connectivity index is 2.35. The summed E-state index contributed by atoms with van der Waals surface area (Å²) in [6.45, 7) is 8.12. The van der Waals surface area contributed by atoms with Crippen LogP contribution in [-0.2, 0) is 14.8 Å². The van der Waals surface area contributed by atoms with Gasteiger partial charge in [-0.3, -0.25) is 4.79 Å². The minimum Gasteiger partial charge on any atom is -0.370 e. The molecule has 1 unspecified atom stereocenters. The van der Waals surface area contributed by atoms with Gasteiger partial charge in [-0.25, -0.2) is 8.42 Å². The molecule has 152 valence electrons. The van der Waals surface area contributed by atoms with E-state index in [0.29, 0.717) is 31.6 Å². The highest BCUT2D eigenvalue weighted by atomic mass is 32.2. The van der Waals surface area contributed by atoms with E-state index in [-0.39, 0.29) is 16.8 Å². The van der Waals surface area contributed by atoms with Crippen molar-refractivity contribution in [2.45, 2.75) is 57.4 Å². The van der Waals surface area contributed by atoms with Gasteiger partial charge in [0.25, 0.3) is 0 Å². The third-order valence-electron chi connectivity index (χ3n) is 4.86. The molecule has 1 aliphatic heterocycles. The summed E-state index contributed by atoms with van der Waals surface area (Å²) in [6, 6.07) is 4.98. The quantitative estimate of drug-likeness (QED) is 0.668. The topological polar surface area (TPSA) is 95.7 Å². The summed E-state index contributed by atoms with van der Waals surface area (Å²) in [4.78, 5) is 14.7. The predicted molar refractivity (Wildman–Crippen MR) is 110 cm³/mol. The highest BCUT2D eigenvalue weighted by molar-refractivity contribution is 7.89. The molecule has 1 aliphatic rings. The minimum atomic E-state index is -3.58. The maximum absolute atomic E-state index is 12.9. The van der Waals surface area contributed by atoms with Gasteiger partial charge < -0.3 is 16.0 Å². The number of nitrogens with two attached hydrogens (primary N) is 1. The van der Waals surface area contributed by atoms with Crippen LogP contribution in [0.2, 0.25) is 0 Å². The van der Waals surface area contributed by atoms with Gasteiger partial charge in [0, 0.05) is 38.6 Å². The third-order valence-corrected chi connectivity index (χ3v) is 6.90. The zero-order valence-electron chi connectivity index (χ0n) is 16.6. The molecule has 1 fully saturated rings. The van der Waals surface area contributed by atoms with Crippen molar-refractivity contribution in [1.82, 2.24) is 4.31 Å².